The molecule has 1 amide bonds. The number of hydrogen-bond donors (Lipinski definition) is 0. The van der Waals surface area contributed by atoms with Crippen LogP contribution in [0, 0.1) is 0 Å². The van der Waals surface area contributed by atoms with E-state index in [1.165, 1.54) is 0 Å². The van der Waals surface area contributed by atoms with Crippen molar-refractivity contribution < 1.29 is 23.7 Å². The fourth-order valence-electron chi connectivity index (χ4n) is 3.62. The Hall–Kier alpha value is -1.63. The zero-order valence-electron chi connectivity index (χ0n) is 13.3. The third-order valence-electron chi connectivity index (χ3n) is 4.60. The third kappa shape index (κ3) is 2.71. The summed E-state index contributed by atoms with van der Waals surface area (Å²) in [5.41, 5.74) is 1.09. The van der Waals surface area contributed by atoms with Gasteiger partial charge in [-0.3, -0.25) is 4.90 Å². The summed E-state index contributed by atoms with van der Waals surface area (Å²) in [6.07, 6.45) is -0.936. The number of piperidine rings is 1. The number of rotatable bonds is 3. The Morgan fingerprint density at radius 1 is 1.26 bits per heavy atom. The second-order valence-corrected chi connectivity index (χ2v) is 6.70. The molecule has 3 fully saturated rings. The molecule has 1 aromatic carbocycles. The second kappa shape index (κ2) is 5.47. The van der Waals surface area contributed by atoms with Gasteiger partial charge in [-0.15, -0.1) is 0 Å². The molecule has 3 heterocycles. The molecular weight excluding hydrogens is 298 g/mol. The third-order valence-corrected chi connectivity index (χ3v) is 4.60. The van der Waals surface area contributed by atoms with E-state index in [0.29, 0.717) is 19.8 Å². The fourth-order valence-corrected chi connectivity index (χ4v) is 3.62. The van der Waals surface area contributed by atoms with Gasteiger partial charge in [0.2, 0.25) is 0 Å². The van der Waals surface area contributed by atoms with Crippen molar-refractivity contribution >= 4 is 6.09 Å². The molecule has 6 heteroatoms. The molecule has 0 aromatic heterocycles. The lowest BCUT2D eigenvalue weighted by atomic mass is 9.95. The Balaban J connectivity index is 1.55. The van der Waals surface area contributed by atoms with Gasteiger partial charge in [0.1, 0.15) is 24.9 Å². The summed E-state index contributed by atoms with van der Waals surface area (Å²) in [4.78, 5) is 13.6. The molecule has 4 atom stereocenters. The van der Waals surface area contributed by atoms with E-state index in [1.54, 1.807) is 4.90 Å². The number of hydrogen-bond acceptors (Lipinski definition) is 5. The summed E-state index contributed by atoms with van der Waals surface area (Å²) >= 11 is 0. The lowest BCUT2D eigenvalue weighted by molar-refractivity contribution is -0.162. The highest BCUT2D eigenvalue weighted by Gasteiger charge is 2.56. The Morgan fingerprint density at radius 2 is 2.04 bits per heavy atom. The van der Waals surface area contributed by atoms with Crippen LogP contribution in [0.2, 0.25) is 0 Å². The van der Waals surface area contributed by atoms with Crippen LogP contribution in [0.25, 0.3) is 0 Å². The Bertz CT molecular complexity index is 590. The molecule has 0 radical (unpaired) electrons. The van der Waals surface area contributed by atoms with E-state index in [9.17, 15) is 4.79 Å². The topological polar surface area (TPSA) is 57.2 Å². The molecule has 0 aliphatic carbocycles. The van der Waals surface area contributed by atoms with Gasteiger partial charge in [-0.2, -0.15) is 0 Å². The van der Waals surface area contributed by atoms with E-state index in [0.717, 1.165) is 5.56 Å². The zero-order valence-corrected chi connectivity index (χ0v) is 13.3. The number of amides is 1. The van der Waals surface area contributed by atoms with Crippen LogP contribution in [0.3, 0.4) is 0 Å². The van der Waals surface area contributed by atoms with Gasteiger partial charge >= 0.3 is 6.09 Å². The maximum atomic E-state index is 11.9. The molecule has 6 nitrogen and oxygen atoms in total. The monoisotopic (exact) mass is 319 g/mol. The highest BCUT2D eigenvalue weighted by Crippen LogP contribution is 2.38. The van der Waals surface area contributed by atoms with E-state index in [4.69, 9.17) is 18.9 Å². The van der Waals surface area contributed by atoms with Gasteiger partial charge in [-0.25, -0.2) is 4.79 Å². The number of nitrogens with zero attached hydrogens (tertiary/aromatic N) is 1. The molecule has 124 valence electrons. The van der Waals surface area contributed by atoms with Gasteiger partial charge in [0, 0.05) is 0 Å². The summed E-state index contributed by atoms with van der Waals surface area (Å²) < 4.78 is 23.4. The van der Waals surface area contributed by atoms with Crippen molar-refractivity contribution in [1.82, 2.24) is 4.90 Å². The number of carbonyl (C=O) groups is 1. The predicted molar refractivity (Wildman–Crippen MR) is 80.7 cm³/mol. The predicted octanol–water partition coefficient (Wildman–Crippen LogP) is 1.93. The SMILES string of the molecule is CC1(C)O[C@H]2[C@H](OCc3ccccc3)[C@H]3COC(=O)N3C[C@@H]2O1. The maximum absolute atomic E-state index is 11.9. The first-order valence-electron chi connectivity index (χ1n) is 7.98. The van der Waals surface area contributed by atoms with Gasteiger partial charge in [0.15, 0.2) is 5.79 Å². The van der Waals surface area contributed by atoms with Crippen molar-refractivity contribution in [3.8, 4) is 0 Å². The fraction of sp³-hybridized carbons (Fsp3) is 0.588. The van der Waals surface area contributed by atoms with E-state index in [-0.39, 0.29) is 30.4 Å². The highest BCUT2D eigenvalue weighted by molar-refractivity contribution is 5.70. The molecule has 1 aromatic rings. The molecule has 0 spiro atoms. The van der Waals surface area contributed by atoms with E-state index < -0.39 is 5.79 Å². The van der Waals surface area contributed by atoms with Crippen LogP contribution in [-0.2, 0) is 25.6 Å². The van der Waals surface area contributed by atoms with Gasteiger partial charge in [0.25, 0.3) is 0 Å². The maximum Gasteiger partial charge on any atom is 0.410 e. The van der Waals surface area contributed by atoms with Crippen molar-refractivity contribution in [3.63, 3.8) is 0 Å². The minimum absolute atomic E-state index is 0.120. The first-order valence-corrected chi connectivity index (χ1v) is 7.98. The van der Waals surface area contributed by atoms with Crippen LogP contribution in [0.5, 0.6) is 0 Å². The molecule has 0 unspecified atom stereocenters. The van der Waals surface area contributed by atoms with Crippen molar-refractivity contribution in [2.45, 2.75) is 50.6 Å². The summed E-state index contributed by atoms with van der Waals surface area (Å²) in [5, 5.41) is 0. The highest BCUT2D eigenvalue weighted by atomic mass is 16.8. The van der Waals surface area contributed by atoms with Crippen molar-refractivity contribution in [3.05, 3.63) is 35.9 Å². The van der Waals surface area contributed by atoms with Gasteiger partial charge in [-0.05, 0) is 19.4 Å². The van der Waals surface area contributed by atoms with Crippen LogP contribution in [-0.4, -0.2) is 54.3 Å². The molecular formula is C17H21NO5. The van der Waals surface area contributed by atoms with E-state index in [1.807, 2.05) is 44.2 Å². The largest absolute Gasteiger partial charge is 0.447 e. The standard InChI is InChI=1S/C17H21NO5/c1-17(2)22-13-8-18-12(10-21-16(18)19)14(15(13)23-17)20-9-11-6-4-3-5-7-11/h3-7,12-15H,8-10H2,1-2H3/t12-,13+,14-,15-/m1/s1. The number of carbonyl (C=O) groups excluding carboxylic acids is 1. The first-order chi connectivity index (χ1) is 11.0. The smallest absolute Gasteiger partial charge is 0.410 e. The molecule has 0 N–H and O–H groups in total. The first kappa shape index (κ1) is 14.9. The summed E-state index contributed by atoms with van der Waals surface area (Å²) in [5.74, 6) is -0.659. The van der Waals surface area contributed by atoms with Crippen LogP contribution in [0.4, 0.5) is 4.79 Å². The van der Waals surface area contributed by atoms with Crippen LogP contribution in [0.1, 0.15) is 19.4 Å². The van der Waals surface area contributed by atoms with Gasteiger partial charge in [-0.1, -0.05) is 30.3 Å². The lowest BCUT2D eigenvalue weighted by Crippen LogP contribution is -2.60. The van der Waals surface area contributed by atoms with Crippen molar-refractivity contribution in [2.24, 2.45) is 0 Å². The van der Waals surface area contributed by atoms with Crippen LogP contribution in [0.15, 0.2) is 30.3 Å². The lowest BCUT2D eigenvalue weighted by Gasteiger charge is -2.39. The number of ether oxygens (including phenoxy) is 4. The van der Waals surface area contributed by atoms with E-state index in [2.05, 4.69) is 0 Å². The molecule has 0 bridgehead atoms. The summed E-state index contributed by atoms with van der Waals surface area (Å²) in [6.45, 7) is 5.08. The quantitative estimate of drug-likeness (QED) is 0.852. The van der Waals surface area contributed by atoms with Crippen molar-refractivity contribution in [1.29, 1.82) is 0 Å². The average Bonchev–Trinajstić information content (AvgIpc) is 3.03. The van der Waals surface area contributed by atoms with Crippen molar-refractivity contribution in [2.75, 3.05) is 13.2 Å². The second-order valence-electron chi connectivity index (χ2n) is 6.70. The van der Waals surface area contributed by atoms with Gasteiger partial charge < -0.3 is 18.9 Å². The Morgan fingerprint density at radius 3 is 2.83 bits per heavy atom. The number of fused-ring (bicyclic) bond motifs is 2. The average molecular weight is 319 g/mol. The number of cyclic esters (lactones) is 1. The summed E-state index contributed by atoms with van der Waals surface area (Å²) in [6, 6.07) is 9.85. The van der Waals surface area contributed by atoms with Gasteiger partial charge in [0.05, 0.1) is 19.2 Å². The molecule has 3 aliphatic heterocycles. The minimum Gasteiger partial charge on any atom is -0.447 e. The molecule has 23 heavy (non-hydrogen) atoms. The molecule has 3 aliphatic rings. The summed E-state index contributed by atoms with van der Waals surface area (Å²) in [7, 11) is 0. The Kier molecular flexibility index (Phi) is 3.55. The molecule has 0 saturated carbocycles. The molecule has 4 rings (SSSR count). The van der Waals surface area contributed by atoms with Crippen LogP contribution < -0.4 is 0 Å². The Labute approximate surface area is 135 Å². The minimum atomic E-state index is -0.659. The number of benzene rings is 1. The van der Waals surface area contributed by atoms with E-state index >= 15 is 0 Å². The molecule has 3 saturated heterocycles. The normalized spacial score (nSPS) is 34.9. The zero-order chi connectivity index (χ0) is 16.0. The van der Waals surface area contributed by atoms with Crippen LogP contribution >= 0.6 is 0 Å².